The number of carbonyl (C=O) groups is 1. The monoisotopic (exact) mass is 384 g/mol. The molecule has 0 atom stereocenters. The summed E-state index contributed by atoms with van der Waals surface area (Å²) in [5.74, 6) is 0.688. The number of carbonyl (C=O) groups excluding carboxylic acids is 1. The molecule has 146 valence electrons. The maximum Gasteiger partial charge on any atom is 0.176 e. The first-order valence-corrected chi connectivity index (χ1v) is 10.3. The van der Waals surface area contributed by atoms with Gasteiger partial charge in [0.1, 0.15) is 11.4 Å². The Morgan fingerprint density at radius 1 is 0.897 bits per heavy atom. The van der Waals surface area contributed by atoms with Crippen molar-refractivity contribution in [1.82, 2.24) is 0 Å². The third-order valence-electron chi connectivity index (χ3n) is 6.68. The lowest BCUT2D eigenvalue weighted by Gasteiger charge is -2.50. The van der Waals surface area contributed by atoms with E-state index in [2.05, 4.69) is 12.1 Å². The number of hydrogen-bond donors (Lipinski definition) is 0. The summed E-state index contributed by atoms with van der Waals surface area (Å²) in [6.07, 6.45) is 5.08. The Hall–Kier alpha value is -3.11. The Morgan fingerprint density at radius 2 is 1.55 bits per heavy atom. The van der Waals surface area contributed by atoms with Gasteiger partial charge in [0.25, 0.3) is 0 Å². The average Bonchev–Trinajstić information content (AvgIpc) is 3.23. The molecular formula is C25H24N2O2. The average molecular weight is 384 g/mol. The second kappa shape index (κ2) is 7.72. The molecule has 0 aromatic heterocycles. The van der Waals surface area contributed by atoms with Crippen LogP contribution in [0.5, 0.6) is 5.75 Å². The van der Waals surface area contributed by atoms with Crippen molar-refractivity contribution in [3.8, 4) is 29.0 Å². The summed E-state index contributed by atoms with van der Waals surface area (Å²) < 4.78 is 6.68. The highest BCUT2D eigenvalue weighted by molar-refractivity contribution is 6.05. The summed E-state index contributed by atoms with van der Waals surface area (Å²) >= 11 is 0. The number of hydrogen-bond acceptors (Lipinski definition) is 4. The summed E-state index contributed by atoms with van der Waals surface area (Å²) in [4.78, 5) is 13.9. The normalized spacial score (nSPS) is 18.5. The van der Waals surface area contributed by atoms with Gasteiger partial charge in [0, 0.05) is 12.8 Å². The number of benzene rings is 2. The fourth-order valence-electron chi connectivity index (χ4n) is 5.25. The van der Waals surface area contributed by atoms with Gasteiger partial charge >= 0.3 is 0 Å². The van der Waals surface area contributed by atoms with E-state index in [-0.39, 0.29) is 5.78 Å². The Kier molecular flexibility index (Phi) is 5.12. The first kappa shape index (κ1) is 19.2. The van der Waals surface area contributed by atoms with Crippen LogP contribution >= 0.6 is 0 Å². The summed E-state index contributed by atoms with van der Waals surface area (Å²) in [5, 5.41) is 18.5. The lowest BCUT2D eigenvalue weighted by molar-refractivity contribution is -0.0574. The molecule has 1 aliphatic heterocycles. The third-order valence-corrected chi connectivity index (χ3v) is 6.68. The van der Waals surface area contributed by atoms with E-state index in [1.54, 1.807) is 0 Å². The molecule has 2 aromatic carbocycles. The maximum atomic E-state index is 13.9. The number of nitrogens with zero attached hydrogens (tertiary/aromatic N) is 2. The molecule has 1 aliphatic carbocycles. The number of rotatable bonds is 5. The molecule has 0 saturated heterocycles. The minimum absolute atomic E-state index is 0.0470. The summed E-state index contributed by atoms with van der Waals surface area (Å²) in [6.45, 7) is 0. The van der Waals surface area contributed by atoms with E-state index in [1.807, 2.05) is 48.5 Å². The molecule has 2 aliphatic rings. The summed E-state index contributed by atoms with van der Waals surface area (Å²) in [6, 6.07) is 20.3. The van der Waals surface area contributed by atoms with Crippen molar-refractivity contribution < 1.29 is 9.53 Å². The molecule has 0 radical (unpaired) electrons. The van der Waals surface area contributed by atoms with Gasteiger partial charge in [-0.3, -0.25) is 4.79 Å². The van der Waals surface area contributed by atoms with Gasteiger partial charge in [-0.1, -0.05) is 36.4 Å². The van der Waals surface area contributed by atoms with Crippen LogP contribution in [0.15, 0.2) is 48.5 Å². The maximum absolute atomic E-state index is 13.9. The van der Waals surface area contributed by atoms with Crippen LogP contribution in [-0.4, -0.2) is 11.4 Å². The highest BCUT2D eigenvalue weighted by Crippen LogP contribution is 2.57. The largest absolute Gasteiger partial charge is 0.485 e. The number of fused-ring (bicyclic) bond motifs is 1. The number of Topliss-reactive ketones (excluding diaryl/α,β-unsaturated/α-hetero) is 1. The minimum Gasteiger partial charge on any atom is -0.485 e. The zero-order chi connectivity index (χ0) is 20.3. The molecule has 4 rings (SSSR count). The molecule has 0 unspecified atom stereocenters. The van der Waals surface area contributed by atoms with Crippen LogP contribution in [0.25, 0.3) is 11.1 Å². The quantitative estimate of drug-likeness (QED) is 0.649. The van der Waals surface area contributed by atoms with Crippen molar-refractivity contribution in [3.05, 3.63) is 54.1 Å². The topological polar surface area (TPSA) is 73.9 Å². The van der Waals surface area contributed by atoms with Crippen LogP contribution in [0.3, 0.4) is 0 Å². The van der Waals surface area contributed by atoms with E-state index in [9.17, 15) is 15.3 Å². The fraction of sp³-hybridized carbons (Fsp3) is 0.400. The highest BCUT2D eigenvalue weighted by atomic mass is 16.5. The van der Waals surface area contributed by atoms with Crippen LogP contribution in [-0.2, 0) is 0 Å². The van der Waals surface area contributed by atoms with Gasteiger partial charge in [-0.05, 0) is 61.8 Å². The van der Waals surface area contributed by atoms with E-state index in [1.165, 1.54) is 0 Å². The van der Waals surface area contributed by atoms with Crippen molar-refractivity contribution in [2.45, 2.75) is 57.0 Å². The summed E-state index contributed by atoms with van der Waals surface area (Å²) in [5.41, 5.74) is 1.28. The number of ketones is 1. The number of ether oxygens (including phenoxy) is 1. The van der Waals surface area contributed by atoms with Crippen LogP contribution in [0.4, 0.5) is 0 Å². The van der Waals surface area contributed by atoms with E-state index in [0.717, 1.165) is 36.8 Å². The lowest BCUT2D eigenvalue weighted by atomic mass is 9.60. The van der Waals surface area contributed by atoms with Crippen LogP contribution in [0.1, 0.15) is 61.7 Å². The SMILES string of the molecule is N#CCCC1(CCC#N)C(=O)c2ccc(-c3ccccc3)cc2OC12CCCC2. The lowest BCUT2D eigenvalue weighted by Crippen LogP contribution is -2.58. The van der Waals surface area contributed by atoms with Gasteiger partial charge in [-0.25, -0.2) is 0 Å². The van der Waals surface area contributed by atoms with Gasteiger partial charge in [0.05, 0.1) is 23.1 Å². The van der Waals surface area contributed by atoms with Gasteiger partial charge in [-0.2, -0.15) is 10.5 Å². The zero-order valence-corrected chi connectivity index (χ0v) is 16.5. The predicted molar refractivity (Wildman–Crippen MR) is 110 cm³/mol. The second-order valence-corrected chi connectivity index (χ2v) is 8.11. The molecule has 29 heavy (non-hydrogen) atoms. The van der Waals surface area contributed by atoms with Crippen LogP contribution in [0, 0.1) is 28.1 Å². The molecule has 1 spiro atoms. The Bertz CT molecular complexity index is 974. The smallest absolute Gasteiger partial charge is 0.176 e. The molecule has 0 amide bonds. The van der Waals surface area contributed by atoms with Crippen molar-refractivity contribution in [2.75, 3.05) is 0 Å². The molecule has 1 heterocycles. The molecular weight excluding hydrogens is 360 g/mol. The molecule has 1 fully saturated rings. The third kappa shape index (κ3) is 3.10. The van der Waals surface area contributed by atoms with E-state index < -0.39 is 11.0 Å². The number of nitriles is 2. The Morgan fingerprint density at radius 3 is 2.17 bits per heavy atom. The van der Waals surface area contributed by atoms with Crippen molar-refractivity contribution in [2.24, 2.45) is 5.41 Å². The summed E-state index contributed by atoms with van der Waals surface area (Å²) in [7, 11) is 0. The molecule has 4 nitrogen and oxygen atoms in total. The van der Waals surface area contributed by atoms with Gasteiger partial charge < -0.3 is 4.74 Å². The Balaban J connectivity index is 1.83. The van der Waals surface area contributed by atoms with Crippen molar-refractivity contribution >= 4 is 5.78 Å². The first-order valence-electron chi connectivity index (χ1n) is 10.3. The van der Waals surface area contributed by atoms with Crippen LogP contribution in [0.2, 0.25) is 0 Å². The Labute approximate surface area is 171 Å². The standard InChI is InChI=1S/C25H24N2O2/c26-16-6-12-24(13-7-17-27)23(28)21-11-10-20(19-8-2-1-3-9-19)18-22(21)29-25(24)14-4-5-15-25/h1-3,8-11,18H,4-7,12-15H2. The van der Waals surface area contributed by atoms with Gasteiger partial charge in [0.2, 0.25) is 0 Å². The van der Waals surface area contributed by atoms with Gasteiger partial charge in [0.15, 0.2) is 5.78 Å². The van der Waals surface area contributed by atoms with E-state index >= 15 is 0 Å². The van der Waals surface area contributed by atoms with E-state index in [0.29, 0.717) is 37.0 Å². The van der Waals surface area contributed by atoms with Gasteiger partial charge in [-0.15, -0.1) is 0 Å². The molecule has 0 N–H and O–H groups in total. The minimum atomic E-state index is -0.795. The van der Waals surface area contributed by atoms with Crippen molar-refractivity contribution in [1.29, 1.82) is 10.5 Å². The molecule has 0 bridgehead atoms. The predicted octanol–water partition coefficient (Wildman–Crippen LogP) is 5.84. The van der Waals surface area contributed by atoms with Crippen molar-refractivity contribution in [3.63, 3.8) is 0 Å². The highest BCUT2D eigenvalue weighted by Gasteiger charge is 2.61. The van der Waals surface area contributed by atoms with Crippen LogP contribution < -0.4 is 4.74 Å². The molecule has 2 aromatic rings. The zero-order valence-electron chi connectivity index (χ0n) is 16.5. The molecule has 4 heteroatoms. The molecule has 1 saturated carbocycles. The van der Waals surface area contributed by atoms with E-state index in [4.69, 9.17) is 4.74 Å². The fourth-order valence-corrected chi connectivity index (χ4v) is 5.25. The first-order chi connectivity index (χ1) is 14.2. The second-order valence-electron chi connectivity index (χ2n) is 8.11.